The van der Waals surface area contributed by atoms with Gasteiger partial charge in [-0.2, -0.15) is 0 Å². The number of carbonyl (C=O) groups excluding carboxylic acids is 2. The monoisotopic (exact) mass is 313 g/mol. The minimum Gasteiger partial charge on any atom is -0.465 e. The molecule has 0 spiro atoms. The molecule has 0 saturated heterocycles. The van der Waals surface area contributed by atoms with Crippen LogP contribution in [-0.2, 0) is 14.3 Å². The highest BCUT2D eigenvalue weighted by Crippen LogP contribution is 2.21. The highest BCUT2D eigenvalue weighted by atomic mass is 32.2. The second kappa shape index (κ2) is 9.39. The SMILES string of the molecule is CCCN(CC(=O)OCC)C(=O)CSc1ccccc1F. The van der Waals surface area contributed by atoms with Gasteiger partial charge in [-0.15, -0.1) is 11.8 Å². The summed E-state index contributed by atoms with van der Waals surface area (Å²) in [6.45, 7) is 4.36. The first kappa shape index (κ1) is 17.5. The Morgan fingerprint density at radius 1 is 1.29 bits per heavy atom. The van der Waals surface area contributed by atoms with Crippen LogP contribution in [0.2, 0.25) is 0 Å². The third-order valence-corrected chi connectivity index (χ3v) is 3.69. The molecular weight excluding hydrogens is 293 g/mol. The third kappa shape index (κ3) is 6.16. The highest BCUT2D eigenvalue weighted by molar-refractivity contribution is 8.00. The van der Waals surface area contributed by atoms with Gasteiger partial charge in [0.1, 0.15) is 12.4 Å². The quantitative estimate of drug-likeness (QED) is 0.547. The Balaban J connectivity index is 2.56. The molecule has 4 nitrogen and oxygen atoms in total. The molecule has 0 fully saturated rings. The summed E-state index contributed by atoms with van der Waals surface area (Å²) in [5, 5.41) is 0. The van der Waals surface area contributed by atoms with Crippen LogP contribution in [0.1, 0.15) is 20.3 Å². The summed E-state index contributed by atoms with van der Waals surface area (Å²) in [6.07, 6.45) is 0.746. The number of esters is 1. The number of benzene rings is 1. The second-order valence-corrected chi connectivity index (χ2v) is 5.36. The summed E-state index contributed by atoms with van der Waals surface area (Å²) in [6, 6.07) is 6.31. The number of halogens is 1. The molecule has 0 heterocycles. The number of thioether (sulfide) groups is 1. The van der Waals surface area contributed by atoms with E-state index in [1.807, 2.05) is 6.92 Å². The van der Waals surface area contributed by atoms with Crippen LogP contribution in [0.3, 0.4) is 0 Å². The Bertz CT molecular complexity index is 482. The molecule has 0 radical (unpaired) electrons. The molecule has 0 aliphatic carbocycles. The van der Waals surface area contributed by atoms with Crippen molar-refractivity contribution in [2.75, 3.05) is 25.4 Å². The normalized spacial score (nSPS) is 10.2. The van der Waals surface area contributed by atoms with E-state index in [9.17, 15) is 14.0 Å². The minimum atomic E-state index is -0.421. The second-order valence-electron chi connectivity index (χ2n) is 4.34. The van der Waals surface area contributed by atoms with Crippen LogP contribution in [0.4, 0.5) is 4.39 Å². The molecule has 0 aliphatic heterocycles. The van der Waals surface area contributed by atoms with Crippen LogP contribution >= 0.6 is 11.8 Å². The first-order chi connectivity index (χ1) is 10.1. The number of carbonyl (C=O) groups is 2. The van der Waals surface area contributed by atoms with E-state index >= 15 is 0 Å². The van der Waals surface area contributed by atoms with Gasteiger partial charge in [0.15, 0.2) is 0 Å². The van der Waals surface area contributed by atoms with Crippen molar-refractivity contribution < 1.29 is 18.7 Å². The molecule has 6 heteroatoms. The number of nitrogens with zero attached hydrogens (tertiary/aromatic N) is 1. The summed E-state index contributed by atoms with van der Waals surface area (Å²) in [7, 11) is 0. The van der Waals surface area contributed by atoms with E-state index in [2.05, 4.69) is 0 Å². The van der Waals surface area contributed by atoms with E-state index in [1.165, 1.54) is 11.0 Å². The molecule has 0 N–H and O–H groups in total. The minimum absolute atomic E-state index is 0.0572. The highest BCUT2D eigenvalue weighted by Gasteiger charge is 2.17. The lowest BCUT2D eigenvalue weighted by Crippen LogP contribution is -2.38. The first-order valence-electron chi connectivity index (χ1n) is 6.89. The smallest absolute Gasteiger partial charge is 0.325 e. The molecule has 0 atom stereocenters. The average Bonchev–Trinajstić information content (AvgIpc) is 2.46. The van der Waals surface area contributed by atoms with Gasteiger partial charge in [-0.1, -0.05) is 19.1 Å². The maximum Gasteiger partial charge on any atom is 0.325 e. The number of hydrogen-bond acceptors (Lipinski definition) is 4. The van der Waals surface area contributed by atoms with Crippen LogP contribution in [0, 0.1) is 5.82 Å². The fourth-order valence-electron chi connectivity index (χ4n) is 1.72. The molecule has 0 aliphatic rings. The maximum atomic E-state index is 13.5. The van der Waals surface area contributed by atoms with Gasteiger partial charge in [-0.3, -0.25) is 9.59 Å². The van der Waals surface area contributed by atoms with E-state index < -0.39 is 5.97 Å². The molecule has 116 valence electrons. The molecule has 0 aromatic heterocycles. The average molecular weight is 313 g/mol. The Labute approximate surface area is 128 Å². The predicted molar refractivity (Wildman–Crippen MR) is 80.6 cm³/mol. The lowest BCUT2D eigenvalue weighted by Gasteiger charge is -2.20. The van der Waals surface area contributed by atoms with Crippen molar-refractivity contribution in [1.29, 1.82) is 0 Å². The van der Waals surface area contributed by atoms with Crippen LogP contribution in [0.25, 0.3) is 0 Å². The summed E-state index contributed by atoms with van der Waals surface area (Å²) < 4.78 is 18.3. The van der Waals surface area contributed by atoms with Crippen molar-refractivity contribution in [3.05, 3.63) is 30.1 Å². The molecule has 21 heavy (non-hydrogen) atoms. The van der Waals surface area contributed by atoms with Gasteiger partial charge >= 0.3 is 5.97 Å². The van der Waals surface area contributed by atoms with E-state index in [1.54, 1.807) is 25.1 Å². The summed E-state index contributed by atoms with van der Waals surface area (Å²) in [4.78, 5) is 25.5. The molecule has 1 aromatic rings. The molecule has 0 unspecified atom stereocenters. The van der Waals surface area contributed by atoms with E-state index in [4.69, 9.17) is 4.74 Å². The van der Waals surface area contributed by atoms with Gasteiger partial charge in [0.25, 0.3) is 0 Å². The number of rotatable bonds is 8. The van der Waals surface area contributed by atoms with Crippen molar-refractivity contribution in [2.45, 2.75) is 25.2 Å². The molecule has 1 rings (SSSR count). The summed E-state index contributed by atoms with van der Waals surface area (Å²) in [5.74, 6) is -0.864. The standard InChI is InChI=1S/C15H20FNO3S/c1-3-9-17(10-15(19)20-4-2)14(18)11-21-13-8-6-5-7-12(13)16/h5-8H,3-4,9-11H2,1-2H3. The topological polar surface area (TPSA) is 46.6 Å². The summed E-state index contributed by atoms with van der Waals surface area (Å²) >= 11 is 1.13. The van der Waals surface area contributed by atoms with Crippen molar-refractivity contribution in [2.24, 2.45) is 0 Å². The van der Waals surface area contributed by atoms with Gasteiger partial charge in [0.05, 0.1) is 12.4 Å². The van der Waals surface area contributed by atoms with Crippen molar-refractivity contribution in [1.82, 2.24) is 4.90 Å². The Kier molecular flexibility index (Phi) is 7.82. The Morgan fingerprint density at radius 3 is 2.62 bits per heavy atom. The number of amides is 1. The van der Waals surface area contributed by atoms with Crippen molar-refractivity contribution in [3.63, 3.8) is 0 Å². The van der Waals surface area contributed by atoms with E-state index in [0.29, 0.717) is 11.4 Å². The van der Waals surface area contributed by atoms with Crippen LogP contribution in [0.15, 0.2) is 29.2 Å². The van der Waals surface area contributed by atoms with E-state index in [-0.39, 0.29) is 30.6 Å². The van der Waals surface area contributed by atoms with Gasteiger partial charge in [-0.25, -0.2) is 4.39 Å². The zero-order valence-corrected chi connectivity index (χ0v) is 13.1. The molecule has 0 bridgehead atoms. The van der Waals surface area contributed by atoms with Crippen LogP contribution in [0.5, 0.6) is 0 Å². The van der Waals surface area contributed by atoms with Crippen LogP contribution in [-0.4, -0.2) is 42.2 Å². The zero-order valence-electron chi connectivity index (χ0n) is 12.3. The number of hydrogen-bond donors (Lipinski definition) is 0. The fraction of sp³-hybridized carbons (Fsp3) is 0.467. The van der Waals surface area contributed by atoms with Crippen molar-refractivity contribution in [3.8, 4) is 0 Å². The molecule has 1 aromatic carbocycles. The largest absolute Gasteiger partial charge is 0.465 e. The molecule has 1 amide bonds. The fourth-order valence-corrected chi connectivity index (χ4v) is 2.56. The van der Waals surface area contributed by atoms with Crippen LogP contribution < -0.4 is 0 Å². The van der Waals surface area contributed by atoms with Gasteiger partial charge in [0, 0.05) is 11.4 Å². The number of ether oxygens (including phenoxy) is 1. The van der Waals surface area contributed by atoms with Gasteiger partial charge in [0.2, 0.25) is 5.91 Å². The third-order valence-electron chi connectivity index (χ3n) is 2.66. The van der Waals surface area contributed by atoms with Gasteiger partial charge in [-0.05, 0) is 25.5 Å². The Morgan fingerprint density at radius 2 is 2.00 bits per heavy atom. The Hall–Kier alpha value is -1.56. The van der Waals surface area contributed by atoms with E-state index in [0.717, 1.165) is 18.2 Å². The zero-order chi connectivity index (χ0) is 15.7. The summed E-state index contributed by atoms with van der Waals surface area (Å²) in [5.41, 5.74) is 0. The molecule has 0 saturated carbocycles. The maximum absolute atomic E-state index is 13.5. The first-order valence-corrected chi connectivity index (χ1v) is 7.87. The van der Waals surface area contributed by atoms with Crippen molar-refractivity contribution >= 4 is 23.6 Å². The van der Waals surface area contributed by atoms with Gasteiger partial charge < -0.3 is 9.64 Å². The lowest BCUT2D eigenvalue weighted by molar-refractivity contribution is -0.148. The molecular formula is C15H20FNO3S. The lowest BCUT2D eigenvalue weighted by atomic mass is 10.3. The predicted octanol–water partition coefficient (Wildman–Crippen LogP) is 2.72.